The molecule has 0 aliphatic carbocycles. The maximum absolute atomic E-state index is 11.5. The lowest BCUT2D eigenvalue weighted by molar-refractivity contribution is -0.124. The Kier molecular flexibility index (Phi) is 6.81. The van der Waals surface area contributed by atoms with E-state index >= 15 is 0 Å². The van der Waals surface area contributed by atoms with Crippen LogP contribution >= 0.6 is 0 Å². The number of rotatable bonds is 8. The summed E-state index contributed by atoms with van der Waals surface area (Å²) < 4.78 is 10.4. The van der Waals surface area contributed by atoms with Gasteiger partial charge in [-0.3, -0.25) is 4.79 Å². The number of ketones is 1. The number of hydrogen-bond donors (Lipinski definition) is 1. The third-order valence-electron chi connectivity index (χ3n) is 4.47. The number of carbonyl (C=O) groups excluding carboxylic acids is 1. The van der Waals surface area contributed by atoms with Crippen molar-refractivity contribution in [3.05, 3.63) is 58.1 Å². The van der Waals surface area contributed by atoms with Crippen molar-refractivity contribution in [2.45, 2.75) is 40.0 Å². The predicted octanol–water partition coefficient (Wildman–Crippen LogP) is 4.32. The van der Waals surface area contributed by atoms with Crippen LogP contribution < -0.4 is 4.74 Å². The van der Waals surface area contributed by atoms with E-state index in [0.29, 0.717) is 11.5 Å². The van der Waals surface area contributed by atoms with Crippen LogP contribution in [0.4, 0.5) is 0 Å². The number of phenolic OH excluding ortho intramolecular Hbond substituents is 1. The first-order valence-electron chi connectivity index (χ1n) is 8.87. The van der Waals surface area contributed by atoms with Gasteiger partial charge in [0.15, 0.2) is 5.78 Å². The average molecular weight is 356 g/mol. The van der Waals surface area contributed by atoms with Gasteiger partial charge in [-0.05, 0) is 72.2 Å². The van der Waals surface area contributed by atoms with Crippen molar-refractivity contribution in [2.75, 3.05) is 20.3 Å². The molecule has 0 fully saturated rings. The van der Waals surface area contributed by atoms with E-state index < -0.39 is 0 Å². The molecule has 0 heterocycles. The van der Waals surface area contributed by atoms with Gasteiger partial charge in [-0.2, -0.15) is 0 Å². The summed E-state index contributed by atoms with van der Waals surface area (Å²) in [5.74, 6) is 1.23. The summed E-state index contributed by atoms with van der Waals surface area (Å²) in [5.41, 5.74) is 5.62. The van der Waals surface area contributed by atoms with E-state index in [9.17, 15) is 9.90 Å². The maximum atomic E-state index is 11.5. The topological polar surface area (TPSA) is 55.8 Å². The van der Waals surface area contributed by atoms with Crippen LogP contribution in [0.1, 0.15) is 47.6 Å². The minimum absolute atomic E-state index is 0.0157. The molecule has 0 aliphatic rings. The number of benzene rings is 2. The Hall–Kier alpha value is -2.33. The number of methoxy groups -OCH3 is 1. The number of aryl methyl sites for hydroxylation is 2. The Bertz CT molecular complexity index is 755. The van der Waals surface area contributed by atoms with Crippen molar-refractivity contribution >= 4 is 5.78 Å². The first-order chi connectivity index (χ1) is 12.3. The van der Waals surface area contributed by atoms with Crippen molar-refractivity contribution < 1.29 is 19.4 Å². The molecule has 2 aromatic rings. The maximum Gasteiger partial charge on any atom is 0.195 e. The summed E-state index contributed by atoms with van der Waals surface area (Å²) in [4.78, 5) is 11.5. The lowest BCUT2D eigenvalue weighted by Crippen LogP contribution is -2.16. The van der Waals surface area contributed by atoms with E-state index in [1.54, 1.807) is 6.07 Å². The SMILES string of the molecule is COCC(=O)COc1cc(C)c(Cc2ccc(O)c(C(C)C)c2)c(C)c1. The number of hydrogen-bond acceptors (Lipinski definition) is 4. The average Bonchev–Trinajstić information content (AvgIpc) is 2.57. The highest BCUT2D eigenvalue weighted by atomic mass is 16.5. The molecule has 1 N–H and O–H groups in total. The monoisotopic (exact) mass is 356 g/mol. The van der Waals surface area contributed by atoms with E-state index in [2.05, 4.69) is 33.8 Å². The molecule has 0 spiro atoms. The molecule has 0 bridgehead atoms. The zero-order valence-corrected chi connectivity index (χ0v) is 16.3. The van der Waals surface area contributed by atoms with Crippen LogP contribution in [0.15, 0.2) is 30.3 Å². The zero-order chi connectivity index (χ0) is 19.3. The summed E-state index contributed by atoms with van der Waals surface area (Å²) in [6.07, 6.45) is 0.792. The van der Waals surface area contributed by atoms with E-state index in [1.807, 2.05) is 18.2 Å². The summed E-state index contributed by atoms with van der Waals surface area (Å²) in [6, 6.07) is 9.74. The minimum atomic E-state index is -0.0859. The van der Waals surface area contributed by atoms with Crippen molar-refractivity contribution in [2.24, 2.45) is 0 Å². The standard InChI is InChI=1S/C22H28O4/c1-14(2)20-10-17(6-7-22(20)24)11-21-15(3)8-19(9-16(21)4)26-13-18(23)12-25-5/h6-10,14,24H,11-13H2,1-5H3. The van der Waals surface area contributed by atoms with Gasteiger partial charge in [0, 0.05) is 7.11 Å². The van der Waals surface area contributed by atoms with Crippen LogP contribution in [-0.2, 0) is 16.0 Å². The van der Waals surface area contributed by atoms with Gasteiger partial charge in [0.25, 0.3) is 0 Å². The minimum Gasteiger partial charge on any atom is -0.508 e. The number of aromatic hydroxyl groups is 1. The molecule has 4 nitrogen and oxygen atoms in total. The van der Waals surface area contributed by atoms with E-state index in [1.165, 1.54) is 18.2 Å². The molecular formula is C22H28O4. The Morgan fingerprint density at radius 3 is 2.31 bits per heavy atom. The highest BCUT2D eigenvalue weighted by Crippen LogP contribution is 2.29. The van der Waals surface area contributed by atoms with Crippen LogP contribution in [0.3, 0.4) is 0 Å². The third kappa shape index (κ3) is 5.09. The van der Waals surface area contributed by atoms with Crippen LogP contribution in [0.25, 0.3) is 0 Å². The van der Waals surface area contributed by atoms with Gasteiger partial charge in [-0.15, -0.1) is 0 Å². The second kappa shape index (κ2) is 8.86. The van der Waals surface area contributed by atoms with E-state index in [-0.39, 0.29) is 24.9 Å². The van der Waals surface area contributed by atoms with Crippen molar-refractivity contribution in [3.8, 4) is 11.5 Å². The Balaban J connectivity index is 2.18. The number of phenols is 1. The van der Waals surface area contributed by atoms with Gasteiger partial charge >= 0.3 is 0 Å². The third-order valence-corrected chi connectivity index (χ3v) is 4.47. The molecule has 2 aromatic carbocycles. The summed E-state index contributed by atoms with van der Waals surface area (Å²) in [6.45, 7) is 8.33. The van der Waals surface area contributed by atoms with Crippen LogP contribution in [0.5, 0.6) is 11.5 Å². The molecule has 0 saturated heterocycles. The van der Waals surface area contributed by atoms with Gasteiger partial charge in [0.1, 0.15) is 24.7 Å². The van der Waals surface area contributed by atoms with Gasteiger partial charge in [-0.25, -0.2) is 0 Å². The molecule has 0 aromatic heterocycles. The highest BCUT2D eigenvalue weighted by molar-refractivity contribution is 5.81. The Morgan fingerprint density at radius 2 is 1.73 bits per heavy atom. The first-order valence-corrected chi connectivity index (χ1v) is 8.87. The largest absolute Gasteiger partial charge is 0.508 e. The van der Waals surface area contributed by atoms with Crippen molar-refractivity contribution in [1.82, 2.24) is 0 Å². The normalized spacial score (nSPS) is 11.0. The highest BCUT2D eigenvalue weighted by Gasteiger charge is 2.11. The fraction of sp³-hybridized carbons (Fsp3) is 0.409. The molecule has 140 valence electrons. The number of carbonyl (C=O) groups is 1. The molecule has 2 rings (SSSR count). The van der Waals surface area contributed by atoms with Crippen LogP contribution in [-0.4, -0.2) is 31.2 Å². The quantitative estimate of drug-likeness (QED) is 0.765. The fourth-order valence-corrected chi connectivity index (χ4v) is 3.06. The molecule has 0 amide bonds. The Morgan fingerprint density at radius 1 is 1.08 bits per heavy atom. The predicted molar refractivity (Wildman–Crippen MR) is 103 cm³/mol. The molecule has 0 saturated carbocycles. The van der Waals surface area contributed by atoms with Crippen LogP contribution in [0, 0.1) is 13.8 Å². The zero-order valence-electron chi connectivity index (χ0n) is 16.3. The summed E-state index contributed by atoms with van der Waals surface area (Å²) >= 11 is 0. The summed E-state index contributed by atoms with van der Waals surface area (Å²) in [7, 11) is 1.50. The molecule has 26 heavy (non-hydrogen) atoms. The second-order valence-corrected chi connectivity index (χ2v) is 7.02. The van der Waals surface area contributed by atoms with Gasteiger partial charge < -0.3 is 14.6 Å². The molecule has 0 aliphatic heterocycles. The molecule has 0 atom stereocenters. The number of ether oxygens (including phenoxy) is 2. The lowest BCUT2D eigenvalue weighted by atomic mass is 9.93. The molecule has 4 heteroatoms. The van der Waals surface area contributed by atoms with Crippen molar-refractivity contribution in [3.63, 3.8) is 0 Å². The summed E-state index contributed by atoms with van der Waals surface area (Å²) in [5, 5.41) is 10.0. The molecular weight excluding hydrogens is 328 g/mol. The van der Waals surface area contributed by atoms with Gasteiger partial charge in [0.2, 0.25) is 0 Å². The second-order valence-electron chi connectivity index (χ2n) is 7.02. The lowest BCUT2D eigenvalue weighted by Gasteiger charge is -2.15. The van der Waals surface area contributed by atoms with Crippen LogP contribution in [0.2, 0.25) is 0 Å². The molecule has 0 radical (unpaired) electrons. The van der Waals surface area contributed by atoms with Gasteiger partial charge in [0.05, 0.1) is 0 Å². The molecule has 0 unspecified atom stereocenters. The van der Waals surface area contributed by atoms with Crippen molar-refractivity contribution in [1.29, 1.82) is 0 Å². The smallest absolute Gasteiger partial charge is 0.195 e. The number of Topliss-reactive ketones (excluding diaryl/α,β-unsaturated/α-hetero) is 1. The van der Waals surface area contributed by atoms with Gasteiger partial charge in [-0.1, -0.05) is 26.0 Å². The van der Waals surface area contributed by atoms with E-state index in [4.69, 9.17) is 9.47 Å². The first kappa shape index (κ1) is 20.0. The van der Waals surface area contributed by atoms with E-state index in [0.717, 1.165) is 23.1 Å². The Labute approximate surface area is 155 Å². The fourth-order valence-electron chi connectivity index (χ4n) is 3.06.